The molecule has 0 spiro atoms. The molecule has 0 bridgehead atoms. The Morgan fingerprint density at radius 2 is 1.72 bits per heavy atom. The number of Topliss-reactive ketones (excluding diaryl/α,β-unsaturated/α-hetero) is 1. The van der Waals surface area contributed by atoms with Crippen LogP contribution in [0.5, 0.6) is 0 Å². The molecule has 1 aliphatic heterocycles. The van der Waals surface area contributed by atoms with Gasteiger partial charge in [-0.25, -0.2) is 0 Å². The molecule has 3 rings (SSSR count). The van der Waals surface area contributed by atoms with E-state index >= 15 is 0 Å². The Labute approximate surface area is 178 Å². The van der Waals surface area contributed by atoms with Gasteiger partial charge in [0, 0.05) is 25.4 Å². The lowest BCUT2D eigenvalue weighted by Crippen LogP contribution is -2.36. The zero-order valence-corrected chi connectivity index (χ0v) is 18.4. The number of allylic oxidation sites excluding steroid dienone is 1. The van der Waals surface area contributed by atoms with E-state index in [4.69, 9.17) is 4.74 Å². The van der Waals surface area contributed by atoms with Crippen LogP contribution in [0, 0.1) is 17.8 Å². The molecule has 0 aromatic carbocycles. The first-order valence-corrected chi connectivity index (χ1v) is 12.4. The summed E-state index contributed by atoms with van der Waals surface area (Å²) in [6.07, 6.45) is 19.1. The Morgan fingerprint density at radius 1 is 1.00 bits per heavy atom. The summed E-state index contributed by atoms with van der Waals surface area (Å²) in [7, 11) is 0. The van der Waals surface area contributed by atoms with Crippen molar-refractivity contribution >= 4 is 5.78 Å². The van der Waals surface area contributed by atoms with Crippen LogP contribution in [0.3, 0.4) is 0 Å². The number of rotatable bonds is 11. The summed E-state index contributed by atoms with van der Waals surface area (Å²) >= 11 is 0. The van der Waals surface area contributed by atoms with Gasteiger partial charge in [-0.15, -0.1) is 0 Å². The van der Waals surface area contributed by atoms with Gasteiger partial charge in [0.25, 0.3) is 0 Å². The fraction of sp³-hybridized carbons (Fsp3) is 0.880. The summed E-state index contributed by atoms with van der Waals surface area (Å²) in [6.45, 7) is 5.17. The molecule has 0 radical (unpaired) electrons. The fourth-order valence-corrected chi connectivity index (χ4v) is 5.48. The molecule has 166 valence electrons. The van der Waals surface area contributed by atoms with Crippen molar-refractivity contribution in [3.8, 4) is 0 Å². The Hall–Kier alpha value is -0.710. The van der Waals surface area contributed by atoms with Crippen molar-refractivity contribution in [3.63, 3.8) is 0 Å². The van der Waals surface area contributed by atoms with Crippen molar-refractivity contribution in [1.82, 2.24) is 4.90 Å². The van der Waals surface area contributed by atoms with E-state index in [2.05, 4.69) is 11.0 Å². The van der Waals surface area contributed by atoms with Gasteiger partial charge in [0.15, 0.2) is 0 Å². The normalized spacial score (nSPS) is 28.4. The van der Waals surface area contributed by atoms with Crippen LogP contribution >= 0.6 is 0 Å². The zero-order chi connectivity index (χ0) is 20.3. The van der Waals surface area contributed by atoms with Crippen molar-refractivity contribution in [2.75, 3.05) is 32.8 Å². The first kappa shape index (κ1) is 23.0. The van der Waals surface area contributed by atoms with Crippen LogP contribution < -0.4 is 0 Å². The number of carbonyl (C=O) groups is 1. The summed E-state index contributed by atoms with van der Waals surface area (Å²) in [5.74, 6) is 1.47. The quantitative estimate of drug-likeness (QED) is 0.398. The molecule has 0 aromatic rings. The highest BCUT2D eigenvalue weighted by atomic mass is 16.5. The number of unbranched alkanes of at least 4 members (excludes halogenated alkanes) is 4. The molecule has 0 amide bonds. The molecular weight excluding hydrogens is 362 g/mol. The largest absolute Gasteiger partial charge is 0.389 e. The highest BCUT2D eigenvalue weighted by molar-refractivity contribution is 5.83. The third kappa shape index (κ3) is 7.80. The lowest BCUT2D eigenvalue weighted by molar-refractivity contribution is -0.121. The Bertz CT molecular complexity index is 494. The maximum atomic E-state index is 12.4. The Balaban J connectivity index is 1.29. The molecule has 3 atom stereocenters. The number of morpholine rings is 1. The summed E-state index contributed by atoms with van der Waals surface area (Å²) in [6, 6.07) is 0. The molecule has 0 aromatic heterocycles. The van der Waals surface area contributed by atoms with Crippen LogP contribution in [0.4, 0.5) is 0 Å². The van der Waals surface area contributed by atoms with Crippen LogP contribution in [0.1, 0.15) is 83.5 Å². The first-order valence-electron chi connectivity index (χ1n) is 12.4. The lowest BCUT2D eigenvalue weighted by atomic mass is 9.84. The molecule has 3 fully saturated rings. The van der Waals surface area contributed by atoms with Gasteiger partial charge in [0.1, 0.15) is 5.78 Å². The maximum absolute atomic E-state index is 12.4. The molecule has 4 nitrogen and oxygen atoms in total. The van der Waals surface area contributed by atoms with Gasteiger partial charge in [0.2, 0.25) is 0 Å². The van der Waals surface area contributed by atoms with E-state index in [1.54, 1.807) is 0 Å². The number of aliphatic hydroxyl groups is 1. The van der Waals surface area contributed by atoms with Crippen LogP contribution in [0.15, 0.2) is 12.2 Å². The third-order valence-electron chi connectivity index (χ3n) is 7.44. The second-order valence-corrected chi connectivity index (χ2v) is 9.56. The van der Waals surface area contributed by atoms with Crippen LogP contribution in [-0.4, -0.2) is 54.7 Å². The third-order valence-corrected chi connectivity index (χ3v) is 7.44. The minimum Gasteiger partial charge on any atom is -0.389 e. The van der Waals surface area contributed by atoms with Crippen molar-refractivity contribution in [2.24, 2.45) is 17.8 Å². The monoisotopic (exact) mass is 405 g/mol. The number of ketones is 1. The molecule has 4 heteroatoms. The van der Waals surface area contributed by atoms with Gasteiger partial charge >= 0.3 is 0 Å². The summed E-state index contributed by atoms with van der Waals surface area (Å²) in [5, 5.41) is 10.5. The SMILES string of the molecule is O=C1CC[C@H](/C=C/[C@H](O)C2CCCCC2)[C@H]1CCCCCCCN1CCOCC1. The molecule has 2 saturated carbocycles. The predicted octanol–water partition coefficient (Wildman–Crippen LogP) is 4.75. The number of nitrogens with zero attached hydrogens (tertiary/aromatic N) is 1. The average molecular weight is 406 g/mol. The molecule has 29 heavy (non-hydrogen) atoms. The van der Waals surface area contributed by atoms with Crippen LogP contribution in [0.25, 0.3) is 0 Å². The topological polar surface area (TPSA) is 49.8 Å². The van der Waals surface area contributed by atoms with Crippen molar-refractivity contribution in [2.45, 2.75) is 89.6 Å². The summed E-state index contributed by atoms with van der Waals surface area (Å²) in [5.41, 5.74) is 0. The molecule has 1 saturated heterocycles. The minimum atomic E-state index is -0.307. The second kappa shape index (κ2) is 12.9. The van der Waals surface area contributed by atoms with E-state index in [0.29, 0.717) is 17.6 Å². The molecule has 1 N–H and O–H groups in total. The van der Waals surface area contributed by atoms with Crippen molar-refractivity contribution in [3.05, 3.63) is 12.2 Å². The zero-order valence-electron chi connectivity index (χ0n) is 18.4. The van der Waals surface area contributed by atoms with E-state index in [1.807, 2.05) is 6.08 Å². The van der Waals surface area contributed by atoms with Gasteiger partial charge in [0.05, 0.1) is 19.3 Å². The molecule has 2 aliphatic carbocycles. The lowest BCUT2D eigenvalue weighted by Gasteiger charge is -2.26. The van der Waals surface area contributed by atoms with E-state index in [1.165, 1.54) is 57.9 Å². The molecule has 0 unspecified atom stereocenters. The standard InChI is InChI=1S/C25H43NO3/c27-24(22-9-5-4-6-10-22)14-12-21-13-15-25(28)23(21)11-7-2-1-3-8-16-26-17-19-29-20-18-26/h12,14,21-24,27H,1-11,13,15-20H2/b14-12+/t21-,23+,24-/m0/s1. The van der Waals surface area contributed by atoms with Gasteiger partial charge in [-0.3, -0.25) is 9.69 Å². The van der Waals surface area contributed by atoms with Gasteiger partial charge in [-0.2, -0.15) is 0 Å². The molecule has 3 aliphatic rings. The van der Waals surface area contributed by atoms with E-state index in [-0.39, 0.29) is 12.0 Å². The van der Waals surface area contributed by atoms with E-state index in [9.17, 15) is 9.90 Å². The number of hydrogen-bond acceptors (Lipinski definition) is 4. The molecular formula is C25H43NO3. The highest BCUT2D eigenvalue weighted by Gasteiger charge is 2.32. The van der Waals surface area contributed by atoms with Gasteiger partial charge in [-0.05, 0) is 50.5 Å². The first-order chi connectivity index (χ1) is 14.2. The van der Waals surface area contributed by atoms with Crippen molar-refractivity contribution in [1.29, 1.82) is 0 Å². The predicted molar refractivity (Wildman–Crippen MR) is 118 cm³/mol. The number of ether oxygens (including phenoxy) is 1. The summed E-state index contributed by atoms with van der Waals surface area (Å²) in [4.78, 5) is 14.9. The van der Waals surface area contributed by atoms with Crippen LogP contribution in [0.2, 0.25) is 0 Å². The van der Waals surface area contributed by atoms with Crippen LogP contribution in [-0.2, 0) is 9.53 Å². The van der Waals surface area contributed by atoms with E-state index in [0.717, 1.165) is 58.4 Å². The van der Waals surface area contributed by atoms with Gasteiger partial charge < -0.3 is 9.84 Å². The maximum Gasteiger partial charge on any atom is 0.136 e. The highest BCUT2D eigenvalue weighted by Crippen LogP contribution is 2.34. The fourth-order valence-electron chi connectivity index (χ4n) is 5.48. The second-order valence-electron chi connectivity index (χ2n) is 9.56. The smallest absolute Gasteiger partial charge is 0.136 e. The Kier molecular flexibility index (Phi) is 10.2. The minimum absolute atomic E-state index is 0.207. The number of carbonyl (C=O) groups excluding carboxylic acids is 1. The summed E-state index contributed by atoms with van der Waals surface area (Å²) < 4.78 is 5.40. The number of hydrogen-bond donors (Lipinski definition) is 1. The van der Waals surface area contributed by atoms with Crippen molar-refractivity contribution < 1.29 is 14.6 Å². The van der Waals surface area contributed by atoms with E-state index < -0.39 is 0 Å². The Morgan fingerprint density at radius 3 is 2.52 bits per heavy atom. The number of aliphatic hydroxyl groups excluding tert-OH is 1. The average Bonchev–Trinajstić information content (AvgIpc) is 3.12. The van der Waals surface area contributed by atoms with Gasteiger partial charge in [-0.1, -0.05) is 57.1 Å². The molecule has 1 heterocycles.